The van der Waals surface area contributed by atoms with Crippen molar-refractivity contribution in [3.63, 3.8) is 0 Å². The van der Waals surface area contributed by atoms with Crippen LogP contribution in [0.5, 0.6) is 0 Å². The summed E-state index contributed by atoms with van der Waals surface area (Å²) in [5.41, 5.74) is 6.52. The minimum absolute atomic E-state index is 0.0540. The number of nitrogens with one attached hydrogen (secondary N) is 1. The van der Waals surface area contributed by atoms with Gasteiger partial charge in [-0.25, -0.2) is 13.6 Å². The molecule has 0 saturated heterocycles. The largest absolute Gasteiger partial charge is 0.397 e. The molecule has 0 heterocycles. The van der Waals surface area contributed by atoms with E-state index in [1.54, 1.807) is 11.8 Å². The second-order valence-corrected chi connectivity index (χ2v) is 6.23. The van der Waals surface area contributed by atoms with Gasteiger partial charge in [0, 0.05) is 13.1 Å². The Morgan fingerprint density at radius 1 is 1.33 bits per heavy atom. The molecular weight excluding hydrogens is 292 g/mol. The number of carbonyl (C=O) groups is 1. The van der Waals surface area contributed by atoms with Crippen LogP contribution >= 0.6 is 0 Å². The monoisotopic (exact) mass is 314 g/mol. The molecule has 21 heavy (non-hydrogen) atoms. The Kier molecular flexibility index (Phi) is 5.56. The first-order chi connectivity index (χ1) is 9.70. The Bertz CT molecular complexity index is 612. The first kappa shape index (κ1) is 17.3. The van der Waals surface area contributed by atoms with Crippen molar-refractivity contribution in [3.05, 3.63) is 18.2 Å². The van der Waals surface area contributed by atoms with Crippen molar-refractivity contribution in [2.24, 2.45) is 5.14 Å². The van der Waals surface area contributed by atoms with Gasteiger partial charge in [0.15, 0.2) is 0 Å². The topological polar surface area (TPSA) is 119 Å². The predicted molar refractivity (Wildman–Crippen MR) is 83.2 cm³/mol. The van der Waals surface area contributed by atoms with Crippen molar-refractivity contribution in [2.45, 2.75) is 31.7 Å². The molecule has 5 N–H and O–H groups in total. The summed E-state index contributed by atoms with van der Waals surface area (Å²) in [5, 5.41) is 8.02. The van der Waals surface area contributed by atoms with Crippen LogP contribution in [0.25, 0.3) is 0 Å². The van der Waals surface area contributed by atoms with Crippen LogP contribution in [0.2, 0.25) is 0 Å². The Morgan fingerprint density at radius 2 is 1.90 bits per heavy atom. The van der Waals surface area contributed by atoms with Crippen molar-refractivity contribution < 1.29 is 13.2 Å². The van der Waals surface area contributed by atoms with Crippen LogP contribution in [0.1, 0.15) is 20.8 Å². The van der Waals surface area contributed by atoms with Crippen LogP contribution in [0.3, 0.4) is 0 Å². The summed E-state index contributed by atoms with van der Waals surface area (Å²) >= 11 is 0. The van der Waals surface area contributed by atoms with Crippen LogP contribution in [-0.2, 0) is 14.8 Å². The minimum Gasteiger partial charge on any atom is -0.397 e. The zero-order valence-electron chi connectivity index (χ0n) is 12.5. The standard InChI is InChI=1S/C13H22N4O3S/c1-4-17(5-2)13(18)9(3)16-12-8-10(21(15,19)20)6-7-11(12)14/h6-9,16H,4-5,14H2,1-3H3,(H2,15,19,20). The number of nitrogen functional groups attached to an aromatic ring is 1. The fourth-order valence-electron chi connectivity index (χ4n) is 1.94. The maximum atomic E-state index is 12.2. The molecule has 0 radical (unpaired) electrons. The summed E-state index contributed by atoms with van der Waals surface area (Å²) in [4.78, 5) is 13.8. The molecular formula is C13H22N4O3S. The minimum atomic E-state index is -3.81. The number of hydrogen-bond acceptors (Lipinski definition) is 5. The third kappa shape index (κ3) is 4.33. The number of likely N-dealkylation sites (N-methyl/N-ethyl adjacent to an activating group) is 1. The highest BCUT2D eigenvalue weighted by atomic mass is 32.2. The first-order valence-electron chi connectivity index (χ1n) is 6.68. The summed E-state index contributed by atoms with van der Waals surface area (Å²) in [7, 11) is -3.81. The summed E-state index contributed by atoms with van der Waals surface area (Å²) in [6.07, 6.45) is 0. The smallest absolute Gasteiger partial charge is 0.244 e. The third-order valence-electron chi connectivity index (χ3n) is 3.17. The van der Waals surface area contributed by atoms with Gasteiger partial charge in [0.1, 0.15) is 6.04 Å². The van der Waals surface area contributed by atoms with Crippen LogP contribution in [0.4, 0.5) is 11.4 Å². The fourth-order valence-corrected chi connectivity index (χ4v) is 2.48. The van der Waals surface area contributed by atoms with Crippen molar-refractivity contribution in [1.29, 1.82) is 0 Å². The van der Waals surface area contributed by atoms with Gasteiger partial charge in [-0.15, -0.1) is 0 Å². The number of carbonyl (C=O) groups excluding carboxylic acids is 1. The van der Waals surface area contributed by atoms with Gasteiger partial charge < -0.3 is 16.0 Å². The van der Waals surface area contributed by atoms with E-state index in [0.717, 1.165) is 0 Å². The SMILES string of the molecule is CCN(CC)C(=O)C(C)Nc1cc(S(N)(=O)=O)ccc1N. The molecule has 0 spiro atoms. The molecule has 0 bridgehead atoms. The van der Waals surface area contributed by atoms with Gasteiger partial charge >= 0.3 is 0 Å². The molecule has 0 aliphatic rings. The van der Waals surface area contributed by atoms with E-state index in [4.69, 9.17) is 10.9 Å². The lowest BCUT2D eigenvalue weighted by Crippen LogP contribution is -2.41. The third-order valence-corrected chi connectivity index (χ3v) is 4.08. The second-order valence-electron chi connectivity index (χ2n) is 4.67. The van der Waals surface area contributed by atoms with E-state index in [-0.39, 0.29) is 10.8 Å². The van der Waals surface area contributed by atoms with Crippen LogP contribution in [0.15, 0.2) is 23.1 Å². The first-order valence-corrected chi connectivity index (χ1v) is 8.23. The van der Waals surface area contributed by atoms with Gasteiger partial charge in [-0.05, 0) is 39.0 Å². The summed E-state index contributed by atoms with van der Waals surface area (Å²) in [5.74, 6) is -0.0830. The highest BCUT2D eigenvalue weighted by Gasteiger charge is 2.19. The van der Waals surface area contributed by atoms with Gasteiger partial charge in [-0.1, -0.05) is 0 Å². The molecule has 0 aliphatic carbocycles. The number of nitrogens with zero attached hydrogens (tertiary/aromatic N) is 1. The summed E-state index contributed by atoms with van der Waals surface area (Å²) < 4.78 is 22.7. The lowest BCUT2D eigenvalue weighted by molar-refractivity contribution is -0.131. The van der Waals surface area contributed by atoms with E-state index in [1.807, 2.05) is 13.8 Å². The van der Waals surface area contributed by atoms with Gasteiger partial charge in [0.2, 0.25) is 15.9 Å². The zero-order valence-corrected chi connectivity index (χ0v) is 13.3. The molecule has 1 atom stereocenters. The molecule has 1 rings (SSSR count). The van der Waals surface area contributed by atoms with Crippen molar-refractivity contribution >= 4 is 27.3 Å². The van der Waals surface area contributed by atoms with E-state index >= 15 is 0 Å². The number of primary sulfonamides is 1. The van der Waals surface area contributed by atoms with Gasteiger partial charge in [-0.3, -0.25) is 4.79 Å². The van der Waals surface area contributed by atoms with Crippen molar-refractivity contribution in [3.8, 4) is 0 Å². The lowest BCUT2D eigenvalue weighted by atomic mass is 10.2. The number of hydrogen-bond donors (Lipinski definition) is 3. The summed E-state index contributed by atoms with van der Waals surface area (Å²) in [6, 6.07) is 3.57. The zero-order chi connectivity index (χ0) is 16.2. The van der Waals surface area contributed by atoms with Gasteiger partial charge in [-0.2, -0.15) is 0 Å². The lowest BCUT2D eigenvalue weighted by Gasteiger charge is -2.24. The number of sulfonamides is 1. The fraction of sp³-hybridized carbons (Fsp3) is 0.462. The molecule has 1 aromatic rings. The quantitative estimate of drug-likeness (QED) is 0.664. The van der Waals surface area contributed by atoms with Crippen molar-refractivity contribution in [1.82, 2.24) is 4.90 Å². The van der Waals surface area contributed by atoms with Crippen molar-refractivity contribution in [2.75, 3.05) is 24.1 Å². The van der Waals surface area contributed by atoms with Crippen LogP contribution in [0, 0.1) is 0 Å². The average Bonchev–Trinajstić information content (AvgIpc) is 2.41. The second kappa shape index (κ2) is 6.77. The van der Waals surface area contributed by atoms with Gasteiger partial charge in [0.25, 0.3) is 0 Å². The molecule has 1 unspecified atom stereocenters. The molecule has 1 amide bonds. The van der Waals surface area contributed by atoms with E-state index in [1.165, 1.54) is 18.2 Å². The Labute approximate surface area is 125 Å². The Morgan fingerprint density at radius 3 is 2.38 bits per heavy atom. The van der Waals surface area contributed by atoms with Crippen LogP contribution in [-0.4, -0.2) is 38.4 Å². The predicted octanol–water partition coefficient (Wildman–Crippen LogP) is 0.585. The number of benzene rings is 1. The highest BCUT2D eigenvalue weighted by Crippen LogP contribution is 2.23. The highest BCUT2D eigenvalue weighted by molar-refractivity contribution is 7.89. The molecule has 0 fully saturated rings. The molecule has 0 saturated carbocycles. The summed E-state index contributed by atoms with van der Waals surface area (Å²) in [6.45, 7) is 6.69. The normalized spacial score (nSPS) is 12.8. The number of nitrogens with two attached hydrogens (primary N) is 2. The molecule has 118 valence electrons. The van der Waals surface area contributed by atoms with E-state index in [9.17, 15) is 13.2 Å². The maximum Gasteiger partial charge on any atom is 0.244 e. The van der Waals surface area contributed by atoms with Crippen LogP contribution < -0.4 is 16.2 Å². The van der Waals surface area contributed by atoms with E-state index in [2.05, 4.69) is 5.32 Å². The van der Waals surface area contributed by atoms with E-state index < -0.39 is 16.1 Å². The Hall–Kier alpha value is -1.80. The molecule has 8 heteroatoms. The Balaban J connectivity index is 3.00. The number of rotatable bonds is 6. The molecule has 1 aromatic carbocycles. The molecule has 0 aromatic heterocycles. The van der Waals surface area contributed by atoms with E-state index in [0.29, 0.717) is 24.5 Å². The van der Waals surface area contributed by atoms with Gasteiger partial charge in [0.05, 0.1) is 16.3 Å². The number of anilines is 2. The average molecular weight is 314 g/mol. The molecule has 7 nitrogen and oxygen atoms in total. The number of amides is 1. The maximum absolute atomic E-state index is 12.2. The molecule has 0 aliphatic heterocycles.